The molecule has 94 valence electrons. The number of carbonyl (C=O) groups excluding carboxylic acids is 1. The van der Waals surface area contributed by atoms with E-state index in [1.165, 1.54) is 0 Å². The molecule has 0 spiro atoms. The molecule has 0 bridgehead atoms. The van der Waals surface area contributed by atoms with E-state index in [0.29, 0.717) is 6.07 Å². The van der Waals surface area contributed by atoms with E-state index in [9.17, 15) is 22.4 Å². The molecule has 1 aromatic rings. The predicted molar refractivity (Wildman–Crippen MR) is 57.1 cm³/mol. The molecule has 8 heteroatoms. The minimum Gasteiger partial charge on any atom is -0.332 e. The third kappa shape index (κ3) is 4.22. The molecule has 0 heterocycles. The fourth-order valence-corrected chi connectivity index (χ4v) is 1.31. The Labute approximate surface area is 102 Å². The molecule has 0 unspecified atom stereocenters. The summed E-state index contributed by atoms with van der Waals surface area (Å²) in [6.07, 6.45) is -2.70. The normalized spacial score (nSPS) is 10.5. The van der Waals surface area contributed by atoms with Gasteiger partial charge in [-0.15, -0.1) is 0 Å². The lowest BCUT2D eigenvalue weighted by Crippen LogP contribution is -2.32. The molecular formula is C9H7BrF4N2O. The van der Waals surface area contributed by atoms with E-state index in [-0.39, 0.29) is 10.2 Å². The van der Waals surface area contributed by atoms with Crippen molar-refractivity contribution >= 4 is 27.6 Å². The minimum absolute atomic E-state index is 0.161. The Bertz CT molecular complexity index is 428. The molecule has 3 nitrogen and oxygen atoms in total. The predicted octanol–water partition coefficient (Wildman–Crippen LogP) is 3.11. The Morgan fingerprint density at radius 3 is 2.59 bits per heavy atom. The van der Waals surface area contributed by atoms with Crippen LogP contribution in [0.5, 0.6) is 0 Å². The molecule has 0 saturated carbocycles. The first-order valence-electron chi connectivity index (χ1n) is 4.37. The van der Waals surface area contributed by atoms with Crippen LogP contribution in [0.1, 0.15) is 0 Å². The van der Waals surface area contributed by atoms with E-state index in [1.807, 2.05) is 10.6 Å². The van der Waals surface area contributed by atoms with E-state index in [2.05, 4.69) is 15.9 Å². The smallest absolute Gasteiger partial charge is 0.319 e. The van der Waals surface area contributed by atoms with Crippen LogP contribution in [0, 0.1) is 11.6 Å². The van der Waals surface area contributed by atoms with Gasteiger partial charge in [-0.1, -0.05) is 0 Å². The summed E-state index contributed by atoms with van der Waals surface area (Å²) in [6, 6.07) is 0.498. The molecule has 1 aromatic carbocycles. The molecule has 0 aromatic heterocycles. The topological polar surface area (TPSA) is 41.1 Å². The monoisotopic (exact) mass is 314 g/mol. The molecule has 0 atom stereocenters. The number of amides is 2. The van der Waals surface area contributed by atoms with Crippen molar-refractivity contribution in [1.29, 1.82) is 0 Å². The summed E-state index contributed by atoms with van der Waals surface area (Å²) in [5.74, 6) is -1.80. The Morgan fingerprint density at radius 2 is 2.00 bits per heavy atom. The van der Waals surface area contributed by atoms with Gasteiger partial charge in [-0.05, 0) is 22.0 Å². The number of carbonyl (C=O) groups is 1. The third-order valence-electron chi connectivity index (χ3n) is 1.66. The van der Waals surface area contributed by atoms with Crippen molar-refractivity contribution < 1.29 is 22.4 Å². The standard InChI is InChI=1S/C9H7BrF4N2O/c10-8-5(12)1-4(11)2-6(8)16-9(17)15-3-7(13)14/h1-2,7H,3H2,(H2,15,16,17). The molecule has 2 N–H and O–H groups in total. The number of halogens is 5. The first-order chi connectivity index (χ1) is 7.90. The summed E-state index contributed by atoms with van der Waals surface area (Å²) >= 11 is 2.79. The molecule has 1 rings (SSSR count). The molecular weight excluding hydrogens is 308 g/mol. The van der Waals surface area contributed by atoms with E-state index in [4.69, 9.17) is 0 Å². The number of hydrogen-bond donors (Lipinski definition) is 2. The second-order valence-electron chi connectivity index (χ2n) is 2.98. The summed E-state index contributed by atoms with van der Waals surface area (Å²) in [6.45, 7) is -0.846. The third-order valence-corrected chi connectivity index (χ3v) is 2.46. The second-order valence-corrected chi connectivity index (χ2v) is 3.77. The van der Waals surface area contributed by atoms with Crippen LogP contribution in [0.15, 0.2) is 16.6 Å². The first kappa shape index (κ1) is 13.8. The zero-order valence-corrected chi connectivity index (χ0v) is 9.82. The average molecular weight is 315 g/mol. The molecule has 0 fully saturated rings. The number of alkyl halides is 2. The van der Waals surface area contributed by atoms with Crippen molar-refractivity contribution in [3.8, 4) is 0 Å². The number of nitrogens with one attached hydrogen (secondary N) is 2. The highest BCUT2D eigenvalue weighted by Crippen LogP contribution is 2.26. The highest BCUT2D eigenvalue weighted by atomic mass is 79.9. The summed E-state index contributed by atoms with van der Waals surface area (Å²) in [4.78, 5) is 11.1. The summed E-state index contributed by atoms with van der Waals surface area (Å²) in [5, 5.41) is 3.87. The van der Waals surface area contributed by atoms with E-state index >= 15 is 0 Å². The fraction of sp³-hybridized carbons (Fsp3) is 0.222. The highest BCUT2D eigenvalue weighted by Gasteiger charge is 2.12. The Kier molecular flexibility index (Phi) is 4.73. The van der Waals surface area contributed by atoms with E-state index in [0.717, 1.165) is 6.07 Å². The molecule has 17 heavy (non-hydrogen) atoms. The van der Waals surface area contributed by atoms with Gasteiger partial charge in [0.15, 0.2) is 0 Å². The van der Waals surface area contributed by atoms with Crippen molar-refractivity contribution in [2.24, 2.45) is 0 Å². The second kappa shape index (κ2) is 5.85. The first-order valence-corrected chi connectivity index (χ1v) is 5.17. The van der Waals surface area contributed by atoms with Crippen molar-refractivity contribution in [3.05, 3.63) is 28.2 Å². The quantitative estimate of drug-likeness (QED) is 0.653. The van der Waals surface area contributed by atoms with Crippen molar-refractivity contribution in [1.82, 2.24) is 5.32 Å². The Hall–Kier alpha value is -1.31. The highest BCUT2D eigenvalue weighted by molar-refractivity contribution is 9.10. The maximum Gasteiger partial charge on any atom is 0.319 e. The number of benzene rings is 1. The van der Waals surface area contributed by atoms with Gasteiger partial charge in [-0.3, -0.25) is 0 Å². The average Bonchev–Trinajstić information content (AvgIpc) is 2.22. The van der Waals surface area contributed by atoms with Crippen LogP contribution >= 0.6 is 15.9 Å². The SMILES string of the molecule is O=C(NCC(F)F)Nc1cc(F)cc(F)c1Br. The minimum atomic E-state index is -2.70. The molecule has 0 saturated heterocycles. The van der Waals surface area contributed by atoms with Crippen molar-refractivity contribution in [3.63, 3.8) is 0 Å². The van der Waals surface area contributed by atoms with Gasteiger partial charge in [-0.25, -0.2) is 22.4 Å². The van der Waals surface area contributed by atoms with Gasteiger partial charge in [0.1, 0.15) is 11.6 Å². The summed E-state index contributed by atoms with van der Waals surface area (Å²) < 4.78 is 49.2. The van der Waals surface area contributed by atoms with Gasteiger partial charge in [0.05, 0.1) is 16.7 Å². The maximum absolute atomic E-state index is 13.0. The zero-order valence-electron chi connectivity index (χ0n) is 8.24. The number of hydrogen-bond acceptors (Lipinski definition) is 1. The van der Waals surface area contributed by atoms with Crippen LogP contribution in [0.25, 0.3) is 0 Å². The largest absolute Gasteiger partial charge is 0.332 e. The number of anilines is 1. The zero-order chi connectivity index (χ0) is 13.0. The fourth-order valence-electron chi connectivity index (χ4n) is 0.983. The van der Waals surface area contributed by atoms with Gasteiger partial charge in [0.25, 0.3) is 6.43 Å². The molecule has 0 aliphatic heterocycles. The molecule has 2 amide bonds. The van der Waals surface area contributed by atoms with Crippen molar-refractivity contribution in [2.45, 2.75) is 6.43 Å². The number of urea groups is 1. The van der Waals surface area contributed by atoms with Gasteiger partial charge < -0.3 is 10.6 Å². The van der Waals surface area contributed by atoms with Gasteiger partial charge in [0, 0.05) is 6.07 Å². The van der Waals surface area contributed by atoms with Crippen molar-refractivity contribution in [2.75, 3.05) is 11.9 Å². The van der Waals surface area contributed by atoms with Crippen LogP contribution in [0.4, 0.5) is 28.0 Å². The molecule has 0 radical (unpaired) electrons. The van der Waals surface area contributed by atoms with Crippen LogP contribution in [-0.4, -0.2) is 19.0 Å². The van der Waals surface area contributed by atoms with Gasteiger partial charge >= 0.3 is 6.03 Å². The summed E-state index contributed by atoms with van der Waals surface area (Å²) in [7, 11) is 0. The lowest BCUT2D eigenvalue weighted by Gasteiger charge is -2.09. The maximum atomic E-state index is 13.0. The van der Waals surface area contributed by atoms with E-state index in [1.54, 1.807) is 0 Å². The summed E-state index contributed by atoms with van der Waals surface area (Å²) in [5.41, 5.74) is -0.186. The number of rotatable bonds is 3. The van der Waals surface area contributed by atoms with Crippen LogP contribution in [-0.2, 0) is 0 Å². The van der Waals surface area contributed by atoms with Crippen LogP contribution < -0.4 is 10.6 Å². The lowest BCUT2D eigenvalue weighted by molar-refractivity contribution is 0.148. The van der Waals surface area contributed by atoms with Gasteiger partial charge in [-0.2, -0.15) is 0 Å². The van der Waals surface area contributed by atoms with Crippen LogP contribution in [0.2, 0.25) is 0 Å². The molecule has 0 aliphatic carbocycles. The Morgan fingerprint density at radius 1 is 1.35 bits per heavy atom. The molecule has 0 aliphatic rings. The Balaban J connectivity index is 2.71. The van der Waals surface area contributed by atoms with E-state index < -0.39 is 30.6 Å². The lowest BCUT2D eigenvalue weighted by atomic mass is 10.3. The van der Waals surface area contributed by atoms with Gasteiger partial charge in [0.2, 0.25) is 0 Å². The van der Waals surface area contributed by atoms with Crippen LogP contribution in [0.3, 0.4) is 0 Å².